The van der Waals surface area contributed by atoms with Gasteiger partial charge in [-0.25, -0.2) is 18.7 Å². The van der Waals surface area contributed by atoms with E-state index in [-0.39, 0.29) is 29.2 Å². The number of pyridine rings is 1. The number of nitrogens with one attached hydrogen (secondary N) is 1. The van der Waals surface area contributed by atoms with Crippen LogP contribution in [0.15, 0.2) is 35.2 Å². The highest BCUT2D eigenvalue weighted by molar-refractivity contribution is 6.03. The number of rotatable bonds is 9. The van der Waals surface area contributed by atoms with Crippen molar-refractivity contribution < 1.29 is 22.8 Å². The van der Waals surface area contributed by atoms with Crippen LogP contribution in [0.5, 0.6) is 0 Å². The number of anilines is 2. The second kappa shape index (κ2) is 10.2. The van der Waals surface area contributed by atoms with Gasteiger partial charge < -0.3 is 19.4 Å². The molecule has 0 bridgehead atoms. The molecule has 36 heavy (non-hydrogen) atoms. The Morgan fingerprint density at radius 3 is 2.75 bits per heavy atom. The van der Waals surface area contributed by atoms with Gasteiger partial charge in [0.1, 0.15) is 18.4 Å². The van der Waals surface area contributed by atoms with Crippen LogP contribution < -0.4 is 10.2 Å². The first-order valence-electron chi connectivity index (χ1n) is 12.2. The van der Waals surface area contributed by atoms with Gasteiger partial charge in [-0.05, 0) is 56.6 Å². The quantitative estimate of drug-likeness (QED) is 0.418. The minimum absolute atomic E-state index is 0.00184. The standard InChI is InChI=1S/C25H28F2N6O3/c1-32(11-15-2-3-15)21-10-17(8-9-28-21)25-30-20(14-36-25)24(35)29-19-12-33(31-22(19)23(26)27)18-6-4-16(13-34)5-7-18/h8-10,12-16,18,23H,2-7,11H2,1H3,(H,29,35). The number of carbonyl (C=O) groups is 2. The van der Waals surface area contributed by atoms with E-state index in [1.54, 1.807) is 12.3 Å². The van der Waals surface area contributed by atoms with E-state index in [2.05, 4.69) is 25.3 Å². The summed E-state index contributed by atoms with van der Waals surface area (Å²) in [6, 6.07) is 3.48. The van der Waals surface area contributed by atoms with Gasteiger partial charge in [-0.15, -0.1) is 0 Å². The molecule has 2 fully saturated rings. The van der Waals surface area contributed by atoms with Crippen molar-refractivity contribution in [2.45, 2.75) is 51.0 Å². The lowest BCUT2D eigenvalue weighted by Crippen LogP contribution is -2.20. The maximum Gasteiger partial charge on any atom is 0.284 e. The summed E-state index contributed by atoms with van der Waals surface area (Å²) < 4.78 is 34.3. The first-order valence-corrected chi connectivity index (χ1v) is 12.2. The molecular weight excluding hydrogens is 470 g/mol. The Bertz CT molecular complexity index is 1230. The third-order valence-corrected chi connectivity index (χ3v) is 6.87. The second-order valence-corrected chi connectivity index (χ2v) is 9.63. The van der Waals surface area contributed by atoms with Gasteiger partial charge in [0.05, 0.1) is 11.7 Å². The van der Waals surface area contributed by atoms with Crippen molar-refractivity contribution in [2.75, 3.05) is 23.8 Å². The fraction of sp³-hybridized carbons (Fsp3) is 0.480. The van der Waals surface area contributed by atoms with E-state index in [9.17, 15) is 18.4 Å². The lowest BCUT2D eigenvalue weighted by Gasteiger charge is -2.25. The monoisotopic (exact) mass is 498 g/mol. The maximum absolute atomic E-state index is 13.7. The predicted molar refractivity (Wildman–Crippen MR) is 128 cm³/mol. The molecule has 1 N–H and O–H groups in total. The molecule has 0 aliphatic heterocycles. The van der Waals surface area contributed by atoms with E-state index >= 15 is 0 Å². The number of nitrogens with zero attached hydrogens (tertiary/aromatic N) is 5. The van der Waals surface area contributed by atoms with E-state index in [1.807, 2.05) is 13.1 Å². The van der Waals surface area contributed by atoms with E-state index in [0.29, 0.717) is 37.2 Å². The lowest BCUT2D eigenvalue weighted by molar-refractivity contribution is -0.112. The van der Waals surface area contributed by atoms with Gasteiger partial charge in [0.25, 0.3) is 12.3 Å². The van der Waals surface area contributed by atoms with Crippen molar-refractivity contribution in [3.05, 3.63) is 42.2 Å². The van der Waals surface area contributed by atoms with Crippen molar-refractivity contribution in [2.24, 2.45) is 11.8 Å². The molecule has 2 aliphatic carbocycles. The second-order valence-electron chi connectivity index (χ2n) is 9.63. The van der Waals surface area contributed by atoms with Crippen LogP contribution in [-0.2, 0) is 4.79 Å². The van der Waals surface area contributed by atoms with Crippen LogP contribution in [0.3, 0.4) is 0 Å². The largest absolute Gasteiger partial charge is 0.444 e. The van der Waals surface area contributed by atoms with Gasteiger partial charge >= 0.3 is 0 Å². The maximum atomic E-state index is 13.7. The molecule has 11 heteroatoms. The highest BCUT2D eigenvalue weighted by atomic mass is 19.3. The normalized spacial score (nSPS) is 19.9. The van der Waals surface area contributed by atoms with E-state index in [1.165, 1.54) is 30.0 Å². The summed E-state index contributed by atoms with van der Waals surface area (Å²) in [5.74, 6) is 1.05. The SMILES string of the molecule is CN(CC1CC1)c1cc(-c2nc(C(=O)Nc3cn(C4CCC(C=O)CC4)nc3C(F)F)co2)ccn1. The van der Waals surface area contributed by atoms with Crippen LogP contribution in [0, 0.1) is 11.8 Å². The van der Waals surface area contributed by atoms with Gasteiger partial charge in [-0.1, -0.05) is 0 Å². The number of oxazole rings is 1. The highest BCUT2D eigenvalue weighted by Crippen LogP contribution is 2.34. The highest BCUT2D eigenvalue weighted by Gasteiger charge is 2.27. The zero-order valence-electron chi connectivity index (χ0n) is 19.9. The zero-order valence-corrected chi connectivity index (χ0v) is 19.9. The molecule has 3 aromatic heterocycles. The molecule has 0 atom stereocenters. The van der Waals surface area contributed by atoms with Gasteiger partial charge in [0.15, 0.2) is 11.4 Å². The molecule has 3 heterocycles. The Morgan fingerprint density at radius 1 is 1.28 bits per heavy atom. The summed E-state index contributed by atoms with van der Waals surface area (Å²) in [5.41, 5.74) is 0.0647. The van der Waals surface area contributed by atoms with Crippen LogP contribution in [0.2, 0.25) is 0 Å². The molecule has 1 amide bonds. The number of halogens is 2. The van der Waals surface area contributed by atoms with Crippen LogP contribution in [0.4, 0.5) is 20.3 Å². The van der Waals surface area contributed by atoms with Crippen molar-refractivity contribution in [3.8, 4) is 11.5 Å². The van der Waals surface area contributed by atoms with E-state index < -0.39 is 18.0 Å². The number of aromatic nitrogens is 4. The van der Waals surface area contributed by atoms with E-state index in [0.717, 1.165) is 18.6 Å². The molecule has 0 saturated heterocycles. The van der Waals surface area contributed by atoms with Gasteiger partial charge in [-0.2, -0.15) is 5.10 Å². The molecule has 3 aromatic rings. The van der Waals surface area contributed by atoms with Crippen LogP contribution >= 0.6 is 0 Å². The van der Waals surface area contributed by atoms with Crippen molar-refractivity contribution in [1.82, 2.24) is 19.7 Å². The molecule has 0 aromatic carbocycles. The molecule has 9 nitrogen and oxygen atoms in total. The Kier molecular flexibility index (Phi) is 6.80. The van der Waals surface area contributed by atoms with Gasteiger partial charge in [0, 0.05) is 37.5 Å². The van der Waals surface area contributed by atoms with Crippen molar-refractivity contribution in [1.29, 1.82) is 0 Å². The number of amides is 1. The third kappa shape index (κ3) is 5.29. The first kappa shape index (κ1) is 24.1. The number of hydrogen-bond acceptors (Lipinski definition) is 7. The number of aldehydes is 1. The number of hydrogen-bond donors (Lipinski definition) is 1. The van der Waals surface area contributed by atoms with Crippen LogP contribution in [0.25, 0.3) is 11.5 Å². The smallest absolute Gasteiger partial charge is 0.284 e. The van der Waals surface area contributed by atoms with Gasteiger partial charge in [0.2, 0.25) is 5.89 Å². The minimum atomic E-state index is -2.86. The summed E-state index contributed by atoms with van der Waals surface area (Å²) in [7, 11) is 1.98. The first-order chi connectivity index (χ1) is 17.4. The fourth-order valence-electron chi connectivity index (χ4n) is 4.59. The van der Waals surface area contributed by atoms with E-state index in [4.69, 9.17) is 4.42 Å². The van der Waals surface area contributed by atoms with Crippen LogP contribution in [-0.4, -0.2) is 45.5 Å². The average Bonchev–Trinajstić information content (AvgIpc) is 3.39. The molecule has 2 saturated carbocycles. The average molecular weight is 499 g/mol. The molecule has 190 valence electrons. The van der Waals surface area contributed by atoms with Crippen molar-refractivity contribution >= 4 is 23.7 Å². The minimum Gasteiger partial charge on any atom is -0.444 e. The molecular formula is C25H28F2N6O3. The molecule has 2 aliphatic rings. The lowest BCUT2D eigenvalue weighted by atomic mass is 9.87. The molecule has 0 radical (unpaired) electrons. The Balaban J connectivity index is 1.29. The summed E-state index contributed by atoms with van der Waals surface area (Å²) in [4.78, 5) is 34.6. The summed E-state index contributed by atoms with van der Waals surface area (Å²) in [5, 5.41) is 6.55. The summed E-state index contributed by atoms with van der Waals surface area (Å²) in [6.45, 7) is 0.925. The topological polar surface area (TPSA) is 106 Å². The molecule has 0 spiro atoms. The summed E-state index contributed by atoms with van der Waals surface area (Å²) in [6.07, 6.45) is 7.54. The van der Waals surface area contributed by atoms with Gasteiger partial charge in [-0.3, -0.25) is 9.48 Å². The molecule has 0 unspecified atom stereocenters. The Morgan fingerprint density at radius 2 is 2.06 bits per heavy atom. The third-order valence-electron chi connectivity index (χ3n) is 6.87. The predicted octanol–water partition coefficient (Wildman–Crippen LogP) is 4.90. The zero-order chi connectivity index (χ0) is 25.2. The fourth-order valence-corrected chi connectivity index (χ4v) is 4.59. The Labute approximate surface area is 206 Å². The van der Waals surface area contributed by atoms with Crippen LogP contribution in [0.1, 0.15) is 67.2 Å². The number of carbonyl (C=O) groups excluding carboxylic acids is 2. The summed E-state index contributed by atoms with van der Waals surface area (Å²) >= 11 is 0. The number of alkyl halides is 2. The molecule has 5 rings (SSSR count). The Hall–Kier alpha value is -3.63. The van der Waals surface area contributed by atoms with Crippen molar-refractivity contribution in [3.63, 3.8) is 0 Å².